The molecule has 23 heavy (non-hydrogen) atoms. The van der Waals surface area contributed by atoms with Crippen molar-refractivity contribution in [3.63, 3.8) is 0 Å². The van der Waals surface area contributed by atoms with Crippen LogP contribution < -0.4 is 14.8 Å². The summed E-state index contributed by atoms with van der Waals surface area (Å²) in [6, 6.07) is 9.99. The number of fused-ring (bicyclic) bond motifs is 1. The van der Waals surface area contributed by atoms with Crippen LogP contribution in [0.15, 0.2) is 36.5 Å². The van der Waals surface area contributed by atoms with Gasteiger partial charge in [-0.2, -0.15) is 10.2 Å². The van der Waals surface area contributed by atoms with Crippen molar-refractivity contribution in [3.05, 3.63) is 47.7 Å². The van der Waals surface area contributed by atoms with Crippen molar-refractivity contribution in [3.8, 4) is 11.5 Å². The Hall–Kier alpha value is -2.82. The molecule has 0 saturated heterocycles. The van der Waals surface area contributed by atoms with Crippen LogP contribution in [-0.2, 0) is 0 Å². The van der Waals surface area contributed by atoms with Gasteiger partial charge in [0.25, 0.3) is 0 Å². The molecule has 0 atom stereocenters. The van der Waals surface area contributed by atoms with E-state index in [0.29, 0.717) is 11.5 Å². The zero-order chi connectivity index (χ0) is 16.4. The predicted molar refractivity (Wildman–Crippen MR) is 91.8 cm³/mol. The maximum Gasteiger partial charge on any atom is 0.162 e. The van der Waals surface area contributed by atoms with Crippen molar-refractivity contribution in [2.75, 3.05) is 19.5 Å². The number of rotatable bonds is 4. The molecule has 0 aliphatic carbocycles. The summed E-state index contributed by atoms with van der Waals surface area (Å²) in [7, 11) is 3.23. The summed E-state index contributed by atoms with van der Waals surface area (Å²) < 4.78 is 10.7. The molecule has 2 aromatic carbocycles. The smallest absolute Gasteiger partial charge is 0.162 e. The largest absolute Gasteiger partial charge is 0.493 e. The molecule has 5 heteroatoms. The fourth-order valence-corrected chi connectivity index (χ4v) is 2.46. The molecule has 0 fully saturated rings. The molecule has 1 N–H and O–H groups in total. The van der Waals surface area contributed by atoms with Crippen molar-refractivity contribution in [1.82, 2.24) is 10.2 Å². The highest BCUT2D eigenvalue weighted by molar-refractivity contribution is 5.94. The summed E-state index contributed by atoms with van der Waals surface area (Å²) >= 11 is 0. The predicted octanol–water partition coefficient (Wildman–Crippen LogP) is 4.01. The van der Waals surface area contributed by atoms with Gasteiger partial charge in [0.2, 0.25) is 0 Å². The van der Waals surface area contributed by atoms with Crippen molar-refractivity contribution in [1.29, 1.82) is 0 Å². The van der Waals surface area contributed by atoms with Gasteiger partial charge >= 0.3 is 0 Å². The Bertz CT molecular complexity index is 862. The van der Waals surface area contributed by atoms with E-state index in [4.69, 9.17) is 9.47 Å². The normalized spacial score (nSPS) is 10.6. The maximum absolute atomic E-state index is 5.38. The molecule has 3 aromatic rings. The van der Waals surface area contributed by atoms with Crippen LogP contribution >= 0.6 is 0 Å². The second kappa shape index (κ2) is 6.12. The Kier molecular flexibility index (Phi) is 4.02. The van der Waals surface area contributed by atoms with E-state index in [2.05, 4.69) is 47.6 Å². The Balaban J connectivity index is 2.08. The lowest BCUT2D eigenvalue weighted by Crippen LogP contribution is -1.97. The Morgan fingerprint density at radius 2 is 1.65 bits per heavy atom. The van der Waals surface area contributed by atoms with Gasteiger partial charge in [-0.1, -0.05) is 6.07 Å². The minimum Gasteiger partial charge on any atom is -0.493 e. The van der Waals surface area contributed by atoms with Gasteiger partial charge in [0.15, 0.2) is 11.5 Å². The molecule has 0 unspecified atom stereocenters. The van der Waals surface area contributed by atoms with Gasteiger partial charge in [-0.3, -0.25) is 0 Å². The highest BCUT2D eigenvalue weighted by Crippen LogP contribution is 2.34. The molecular weight excluding hydrogens is 290 g/mol. The Labute approximate surface area is 135 Å². The highest BCUT2D eigenvalue weighted by atomic mass is 16.5. The minimum atomic E-state index is 0.637. The first-order valence-electron chi connectivity index (χ1n) is 7.34. The number of anilines is 2. The van der Waals surface area contributed by atoms with Crippen LogP contribution in [0.4, 0.5) is 11.4 Å². The van der Waals surface area contributed by atoms with Crippen LogP contribution in [0, 0.1) is 13.8 Å². The van der Waals surface area contributed by atoms with Crippen molar-refractivity contribution >= 4 is 22.3 Å². The van der Waals surface area contributed by atoms with Crippen LogP contribution in [0.2, 0.25) is 0 Å². The Morgan fingerprint density at radius 1 is 0.913 bits per heavy atom. The summed E-state index contributed by atoms with van der Waals surface area (Å²) in [6.07, 6.45) is 1.71. The van der Waals surface area contributed by atoms with E-state index in [1.54, 1.807) is 20.4 Å². The first kappa shape index (κ1) is 15.1. The highest BCUT2D eigenvalue weighted by Gasteiger charge is 2.11. The lowest BCUT2D eigenvalue weighted by atomic mass is 10.1. The number of hydrogen-bond acceptors (Lipinski definition) is 5. The van der Waals surface area contributed by atoms with Crippen molar-refractivity contribution in [2.24, 2.45) is 0 Å². The van der Waals surface area contributed by atoms with E-state index >= 15 is 0 Å². The molecule has 1 aromatic heterocycles. The Morgan fingerprint density at radius 3 is 2.35 bits per heavy atom. The number of aromatic nitrogens is 2. The number of ether oxygens (including phenoxy) is 2. The zero-order valence-electron chi connectivity index (χ0n) is 13.7. The number of benzene rings is 2. The molecule has 0 amide bonds. The quantitative estimate of drug-likeness (QED) is 0.789. The lowest BCUT2D eigenvalue weighted by Gasteiger charge is -2.13. The molecule has 0 bridgehead atoms. The third-order valence-corrected chi connectivity index (χ3v) is 3.93. The molecule has 0 aliphatic heterocycles. The van der Waals surface area contributed by atoms with Gasteiger partial charge in [-0.25, -0.2) is 0 Å². The molecule has 118 valence electrons. The lowest BCUT2D eigenvalue weighted by molar-refractivity contribution is 0.356. The third kappa shape index (κ3) is 2.90. The second-order valence-corrected chi connectivity index (χ2v) is 5.41. The monoisotopic (exact) mass is 309 g/mol. The van der Waals surface area contributed by atoms with Gasteiger partial charge in [0.05, 0.1) is 31.6 Å². The fraction of sp³-hybridized carbons (Fsp3) is 0.222. The molecular formula is C18H19N3O2. The molecule has 1 heterocycles. The zero-order valence-corrected chi connectivity index (χ0v) is 13.7. The summed E-state index contributed by atoms with van der Waals surface area (Å²) in [5.74, 6) is 1.30. The SMILES string of the molecule is COc1cc2nncc(Nc3ccc(C)c(C)c3)c2cc1OC. The van der Waals surface area contributed by atoms with E-state index < -0.39 is 0 Å². The van der Waals surface area contributed by atoms with Crippen LogP contribution in [0.3, 0.4) is 0 Å². The maximum atomic E-state index is 5.38. The van der Waals surface area contributed by atoms with Crippen LogP contribution in [0.1, 0.15) is 11.1 Å². The fourth-order valence-electron chi connectivity index (χ4n) is 2.46. The topological polar surface area (TPSA) is 56.3 Å². The molecule has 0 spiro atoms. The van der Waals surface area contributed by atoms with Crippen LogP contribution in [0.25, 0.3) is 10.9 Å². The van der Waals surface area contributed by atoms with Crippen molar-refractivity contribution in [2.45, 2.75) is 13.8 Å². The average Bonchev–Trinajstić information content (AvgIpc) is 2.57. The molecule has 0 radical (unpaired) electrons. The summed E-state index contributed by atoms with van der Waals surface area (Å²) in [5.41, 5.74) is 5.13. The van der Waals surface area contributed by atoms with E-state index in [1.165, 1.54) is 11.1 Å². The van der Waals surface area contributed by atoms with Gasteiger partial charge in [-0.05, 0) is 43.2 Å². The number of methoxy groups -OCH3 is 2. The summed E-state index contributed by atoms with van der Waals surface area (Å²) in [4.78, 5) is 0. The number of nitrogens with zero attached hydrogens (tertiary/aromatic N) is 2. The standard InChI is InChI=1S/C18H19N3O2/c1-11-5-6-13(7-12(11)2)20-16-10-19-21-15-9-18(23-4)17(22-3)8-14(15)16/h5-10H,1-4H3,(H,20,21). The van der Waals surface area contributed by atoms with Gasteiger partial charge < -0.3 is 14.8 Å². The van der Waals surface area contributed by atoms with Gasteiger partial charge in [-0.15, -0.1) is 0 Å². The number of hydrogen-bond donors (Lipinski definition) is 1. The first-order valence-corrected chi connectivity index (χ1v) is 7.34. The molecule has 3 rings (SSSR count). The van der Waals surface area contributed by atoms with Crippen LogP contribution in [0.5, 0.6) is 11.5 Å². The molecule has 0 aliphatic rings. The number of nitrogens with one attached hydrogen (secondary N) is 1. The first-order chi connectivity index (χ1) is 11.1. The van der Waals surface area contributed by atoms with E-state index in [0.717, 1.165) is 22.3 Å². The van der Waals surface area contributed by atoms with E-state index in [9.17, 15) is 0 Å². The van der Waals surface area contributed by atoms with E-state index in [1.807, 2.05) is 12.1 Å². The summed E-state index contributed by atoms with van der Waals surface area (Å²) in [5, 5.41) is 12.6. The van der Waals surface area contributed by atoms with Gasteiger partial charge in [0, 0.05) is 17.1 Å². The van der Waals surface area contributed by atoms with Crippen LogP contribution in [-0.4, -0.2) is 24.4 Å². The van der Waals surface area contributed by atoms with E-state index in [-0.39, 0.29) is 0 Å². The summed E-state index contributed by atoms with van der Waals surface area (Å²) in [6.45, 7) is 4.19. The number of aryl methyl sites for hydroxylation is 2. The second-order valence-electron chi connectivity index (χ2n) is 5.41. The average molecular weight is 309 g/mol. The molecule has 0 saturated carbocycles. The minimum absolute atomic E-state index is 0.637. The third-order valence-electron chi connectivity index (χ3n) is 3.93. The molecule has 5 nitrogen and oxygen atoms in total. The van der Waals surface area contributed by atoms with Gasteiger partial charge in [0.1, 0.15) is 0 Å². The van der Waals surface area contributed by atoms with Crippen molar-refractivity contribution < 1.29 is 9.47 Å².